The Balaban J connectivity index is 1.80. The van der Waals surface area contributed by atoms with Gasteiger partial charge >= 0.3 is 5.97 Å². The van der Waals surface area contributed by atoms with Crippen LogP contribution in [0.5, 0.6) is 0 Å². The molecule has 0 aliphatic heterocycles. The van der Waals surface area contributed by atoms with E-state index in [0.717, 1.165) is 12.5 Å². The van der Waals surface area contributed by atoms with Crippen molar-refractivity contribution >= 4 is 11.9 Å². The lowest BCUT2D eigenvalue weighted by Crippen LogP contribution is -2.42. The number of rotatable bonds is 6. The minimum atomic E-state index is -0.934. The molecule has 0 saturated heterocycles. The average Bonchev–Trinajstić information content (AvgIpc) is 2.32. The van der Waals surface area contributed by atoms with E-state index in [4.69, 9.17) is 5.11 Å². The Kier molecular flexibility index (Phi) is 4.55. The zero-order chi connectivity index (χ0) is 15.5. The fourth-order valence-corrected chi connectivity index (χ4v) is 2.54. The minimum Gasteiger partial charge on any atom is -0.481 e. The molecule has 114 valence electrons. The molecule has 1 aliphatic carbocycles. The largest absolute Gasteiger partial charge is 0.481 e. The maximum Gasteiger partial charge on any atom is 0.310 e. The molecule has 1 aliphatic rings. The van der Waals surface area contributed by atoms with Crippen molar-refractivity contribution < 1.29 is 23.5 Å². The number of carboxylic acids is 1. The van der Waals surface area contributed by atoms with Crippen LogP contribution < -0.4 is 5.32 Å². The van der Waals surface area contributed by atoms with Crippen LogP contribution in [0.1, 0.15) is 31.2 Å². The normalized spacial score (nSPS) is 16.1. The third-order valence-electron chi connectivity index (χ3n) is 3.92. The number of carbonyl (C=O) groups is 2. The van der Waals surface area contributed by atoms with E-state index in [9.17, 15) is 18.4 Å². The molecule has 2 N–H and O–H groups in total. The zero-order valence-corrected chi connectivity index (χ0v) is 11.5. The number of amides is 1. The molecule has 0 unspecified atom stereocenters. The Morgan fingerprint density at radius 1 is 1.19 bits per heavy atom. The van der Waals surface area contributed by atoms with Crippen molar-refractivity contribution in [3.8, 4) is 0 Å². The molecule has 21 heavy (non-hydrogen) atoms. The van der Waals surface area contributed by atoms with Gasteiger partial charge in [0.2, 0.25) is 5.91 Å². The van der Waals surface area contributed by atoms with Crippen molar-refractivity contribution in [2.24, 2.45) is 5.41 Å². The van der Waals surface area contributed by atoms with Gasteiger partial charge in [-0.25, -0.2) is 8.78 Å². The summed E-state index contributed by atoms with van der Waals surface area (Å²) in [6, 6.07) is 3.20. The number of carboxylic acid groups (broad SMARTS) is 1. The maximum absolute atomic E-state index is 13.0. The fraction of sp³-hybridized carbons (Fsp3) is 0.467. The van der Waals surface area contributed by atoms with Crippen LogP contribution >= 0.6 is 0 Å². The number of hydrogen-bond donors (Lipinski definition) is 2. The van der Waals surface area contributed by atoms with E-state index in [1.165, 1.54) is 12.1 Å². The molecule has 1 aromatic carbocycles. The van der Waals surface area contributed by atoms with Crippen molar-refractivity contribution in [3.05, 3.63) is 35.4 Å². The Hall–Kier alpha value is -1.98. The van der Waals surface area contributed by atoms with Gasteiger partial charge in [-0.05, 0) is 37.0 Å². The summed E-state index contributed by atoms with van der Waals surface area (Å²) in [5.41, 5.74) is -0.473. The Labute approximate surface area is 121 Å². The SMILES string of the molecule is O=C(CC1(C(=O)O)CCC1)NCCc1cc(F)cc(F)c1. The first-order valence-corrected chi connectivity index (χ1v) is 6.86. The monoisotopic (exact) mass is 297 g/mol. The quantitative estimate of drug-likeness (QED) is 0.846. The summed E-state index contributed by atoms with van der Waals surface area (Å²) in [5, 5.41) is 11.7. The Morgan fingerprint density at radius 2 is 1.81 bits per heavy atom. The topological polar surface area (TPSA) is 66.4 Å². The summed E-state index contributed by atoms with van der Waals surface area (Å²) in [4.78, 5) is 22.9. The lowest BCUT2D eigenvalue weighted by Gasteiger charge is -2.36. The third-order valence-corrected chi connectivity index (χ3v) is 3.92. The van der Waals surface area contributed by atoms with Gasteiger partial charge in [0, 0.05) is 19.0 Å². The molecule has 0 bridgehead atoms. The highest BCUT2D eigenvalue weighted by molar-refractivity contribution is 5.85. The van der Waals surface area contributed by atoms with Crippen molar-refractivity contribution in [2.75, 3.05) is 6.54 Å². The Morgan fingerprint density at radius 3 is 2.29 bits per heavy atom. The number of aliphatic carboxylic acids is 1. The van der Waals surface area contributed by atoms with E-state index in [1.807, 2.05) is 0 Å². The van der Waals surface area contributed by atoms with Gasteiger partial charge in [0.1, 0.15) is 11.6 Å². The first-order chi connectivity index (χ1) is 9.91. The van der Waals surface area contributed by atoms with E-state index < -0.39 is 23.0 Å². The summed E-state index contributed by atoms with van der Waals surface area (Å²) in [5.74, 6) is -2.59. The van der Waals surface area contributed by atoms with Crippen molar-refractivity contribution in [1.29, 1.82) is 0 Å². The number of carbonyl (C=O) groups excluding carboxylic acids is 1. The summed E-state index contributed by atoms with van der Waals surface area (Å²) in [6.45, 7) is 0.220. The molecule has 1 aromatic rings. The minimum absolute atomic E-state index is 0.0418. The van der Waals surface area contributed by atoms with Crippen LogP contribution in [0.2, 0.25) is 0 Å². The first-order valence-electron chi connectivity index (χ1n) is 6.86. The summed E-state index contributed by atoms with van der Waals surface area (Å²) in [6.07, 6.45) is 2.11. The van der Waals surface area contributed by atoms with E-state index in [0.29, 0.717) is 24.8 Å². The van der Waals surface area contributed by atoms with E-state index >= 15 is 0 Å². The highest BCUT2D eigenvalue weighted by atomic mass is 19.1. The van der Waals surface area contributed by atoms with Gasteiger partial charge in [-0.15, -0.1) is 0 Å². The van der Waals surface area contributed by atoms with E-state index in [-0.39, 0.29) is 18.9 Å². The van der Waals surface area contributed by atoms with Crippen LogP contribution in [0.25, 0.3) is 0 Å². The number of nitrogens with one attached hydrogen (secondary N) is 1. The van der Waals surface area contributed by atoms with E-state index in [2.05, 4.69) is 5.32 Å². The first kappa shape index (κ1) is 15.4. The van der Waals surface area contributed by atoms with Crippen LogP contribution in [0, 0.1) is 17.0 Å². The second-order valence-corrected chi connectivity index (χ2v) is 5.49. The summed E-state index contributed by atoms with van der Waals surface area (Å²) < 4.78 is 26.0. The maximum atomic E-state index is 13.0. The molecular weight excluding hydrogens is 280 g/mol. The van der Waals surface area contributed by atoms with Gasteiger partial charge in [-0.2, -0.15) is 0 Å². The number of benzene rings is 1. The van der Waals surface area contributed by atoms with Crippen molar-refractivity contribution in [1.82, 2.24) is 5.32 Å². The predicted octanol–water partition coefficient (Wildman–Crippen LogP) is 2.27. The molecule has 4 nitrogen and oxygen atoms in total. The second kappa shape index (κ2) is 6.20. The van der Waals surface area contributed by atoms with Crippen LogP contribution in [-0.2, 0) is 16.0 Å². The smallest absolute Gasteiger partial charge is 0.310 e. The van der Waals surface area contributed by atoms with E-state index in [1.54, 1.807) is 0 Å². The lowest BCUT2D eigenvalue weighted by molar-refractivity contribution is -0.157. The van der Waals surface area contributed by atoms with Gasteiger partial charge in [-0.3, -0.25) is 9.59 Å². The standard InChI is InChI=1S/C15H17F2NO3/c16-11-6-10(7-12(17)8-11)2-5-18-13(19)9-15(14(20)21)3-1-4-15/h6-8H,1-5,9H2,(H,18,19)(H,20,21). The third kappa shape index (κ3) is 3.77. The van der Waals surface area contributed by atoms with Crippen molar-refractivity contribution in [2.45, 2.75) is 32.1 Å². The van der Waals surface area contributed by atoms with Crippen LogP contribution in [0.3, 0.4) is 0 Å². The molecule has 1 amide bonds. The molecule has 0 radical (unpaired) electrons. The second-order valence-electron chi connectivity index (χ2n) is 5.49. The Bertz CT molecular complexity index is 536. The van der Waals surface area contributed by atoms with Gasteiger partial charge in [-0.1, -0.05) is 6.42 Å². The summed E-state index contributed by atoms with van der Waals surface area (Å²) in [7, 11) is 0. The molecule has 0 atom stereocenters. The molecule has 1 saturated carbocycles. The summed E-state index contributed by atoms with van der Waals surface area (Å²) >= 11 is 0. The highest BCUT2D eigenvalue weighted by Gasteiger charge is 2.45. The van der Waals surface area contributed by atoms with Crippen LogP contribution in [-0.4, -0.2) is 23.5 Å². The van der Waals surface area contributed by atoms with Gasteiger partial charge in [0.05, 0.1) is 5.41 Å². The fourth-order valence-electron chi connectivity index (χ4n) is 2.54. The lowest BCUT2D eigenvalue weighted by atomic mass is 9.66. The molecule has 1 fully saturated rings. The van der Waals surface area contributed by atoms with Crippen LogP contribution in [0.4, 0.5) is 8.78 Å². The molecular formula is C15H17F2NO3. The predicted molar refractivity (Wildman–Crippen MR) is 71.6 cm³/mol. The highest BCUT2D eigenvalue weighted by Crippen LogP contribution is 2.44. The van der Waals surface area contributed by atoms with Gasteiger partial charge in [0.15, 0.2) is 0 Å². The average molecular weight is 297 g/mol. The van der Waals surface area contributed by atoms with Crippen LogP contribution in [0.15, 0.2) is 18.2 Å². The molecule has 6 heteroatoms. The molecule has 0 heterocycles. The number of hydrogen-bond acceptors (Lipinski definition) is 2. The molecule has 0 spiro atoms. The molecule has 2 rings (SSSR count). The zero-order valence-electron chi connectivity index (χ0n) is 11.5. The van der Waals surface area contributed by atoms with Gasteiger partial charge < -0.3 is 10.4 Å². The number of halogens is 2. The van der Waals surface area contributed by atoms with Gasteiger partial charge in [0.25, 0.3) is 0 Å². The molecule has 0 aromatic heterocycles. The van der Waals surface area contributed by atoms with Crippen molar-refractivity contribution in [3.63, 3.8) is 0 Å².